The number of carbonyl (C=O) groups excluding carboxylic acids is 1. The summed E-state index contributed by atoms with van der Waals surface area (Å²) < 4.78 is 18.6. The Morgan fingerprint density at radius 3 is 2.70 bits per heavy atom. The molecule has 6 heteroatoms. The van der Waals surface area contributed by atoms with E-state index in [0.717, 1.165) is 0 Å². The number of nitrogens with two attached hydrogens (primary N) is 1. The molecule has 0 rings (SSSR count). The Kier molecular flexibility index (Phi) is 5.09. The Balaban J connectivity index is 3.35. The lowest BCUT2D eigenvalue weighted by molar-refractivity contribution is -0.140. The second kappa shape index (κ2) is 5.33. The molecule has 0 amide bonds. The zero-order valence-electron chi connectivity index (χ0n) is 5.53. The summed E-state index contributed by atoms with van der Waals surface area (Å²) in [5.41, 5.74) is 0. The van der Waals surface area contributed by atoms with Crippen LogP contribution < -0.4 is 5.90 Å². The zero-order valence-corrected chi connectivity index (χ0v) is 6.35. The van der Waals surface area contributed by atoms with Gasteiger partial charge in [0, 0.05) is 0 Å². The molecule has 2 N–H and O–H groups in total. The highest BCUT2D eigenvalue weighted by Gasteiger charge is 2.03. The maximum Gasteiger partial charge on any atom is 0.306 e. The van der Waals surface area contributed by atoms with Gasteiger partial charge in [0.15, 0.2) is 11.1 Å². The lowest BCUT2D eigenvalue weighted by atomic mass is 10.5. The van der Waals surface area contributed by atoms with Gasteiger partial charge in [0.2, 0.25) is 0 Å². The number of rotatable bonds is 4. The van der Waals surface area contributed by atoms with Crippen molar-refractivity contribution in [3.8, 4) is 0 Å². The summed E-state index contributed by atoms with van der Waals surface area (Å²) in [5, 5.41) is 0. The summed E-state index contributed by atoms with van der Waals surface area (Å²) >= 11 is -1.57. The highest BCUT2D eigenvalue weighted by Crippen LogP contribution is 1.88. The minimum atomic E-state index is -1.57. The third kappa shape index (κ3) is 4.42. The first kappa shape index (κ1) is 9.54. The van der Waals surface area contributed by atoms with Crippen LogP contribution in [0.15, 0.2) is 0 Å². The van der Waals surface area contributed by atoms with E-state index < -0.39 is 17.0 Å². The summed E-state index contributed by atoms with van der Waals surface area (Å²) in [6.45, 7) is 0. The van der Waals surface area contributed by atoms with Gasteiger partial charge in [-0.05, 0) is 0 Å². The molecule has 0 aromatic rings. The highest BCUT2D eigenvalue weighted by molar-refractivity contribution is 7.80. The summed E-state index contributed by atoms with van der Waals surface area (Å²) in [6.07, 6.45) is 0.0559. The molecule has 0 bridgehead atoms. The van der Waals surface area contributed by atoms with Gasteiger partial charge in [-0.1, -0.05) is 0 Å². The number of hydrogen-bond acceptors (Lipinski definition) is 5. The molecule has 0 spiro atoms. The summed E-state index contributed by atoms with van der Waals surface area (Å²) in [5.74, 6) is 4.19. The van der Waals surface area contributed by atoms with Crippen LogP contribution in [0.5, 0.6) is 0 Å². The van der Waals surface area contributed by atoms with Crippen LogP contribution in [0.1, 0.15) is 6.42 Å². The van der Waals surface area contributed by atoms with Crippen molar-refractivity contribution in [3.05, 3.63) is 0 Å². The second-order valence-corrected chi connectivity index (χ2v) is 2.64. The molecule has 0 fully saturated rings. The van der Waals surface area contributed by atoms with Crippen LogP contribution in [-0.2, 0) is 24.9 Å². The Morgan fingerprint density at radius 2 is 2.30 bits per heavy atom. The Morgan fingerprint density at radius 1 is 1.70 bits per heavy atom. The average molecular weight is 167 g/mol. The predicted octanol–water partition coefficient (Wildman–Crippen LogP) is -0.897. The average Bonchev–Trinajstić information content (AvgIpc) is 1.99. The van der Waals surface area contributed by atoms with Gasteiger partial charge >= 0.3 is 5.97 Å². The Hall–Kier alpha value is -0.460. The molecule has 0 saturated carbocycles. The largest absolute Gasteiger partial charge is 0.469 e. The van der Waals surface area contributed by atoms with Crippen LogP contribution in [0.4, 0.5) is 0 Å². The summed E-state index contributed by atoms with van der Waals surface area (Å²) in [7, 11) is 1.26. The van der Waals surface area contributed by atoms with Crippen molar-refractivity contribution in [2.45, 2.75) is 6.42 Å². The minimum Gasteiger partial charge on any atom is -0.469 e. The molecular formula is C4H9NO4S. The quantitative estimate of drug-likeness (QED) is 0.434. The highest BCUT2D eigenvalue weighted by atomic mass is 32.2. The SMILES string of the molecule is COC(=O)CCS(=O)ON. The molecule has 0 aromatic carbocycles. The van der Waals surface area contributed by atoms with E-state index in [9.17, 15) is 9.00 Å². The smallest absolute Gasteiger partial charge is 0.306 e. The molecule has 10 heavy (non-hydrogen) atoms. The first-order chi connectivity index (χ1) is 4.70. The number of ether oxygens (including phenoxy) is 1. The van der Waals surface area contributed by atoms with Crippen LogP contribution in [-0.4, -0.2) is 23.0 Å². The third-order valence-electron chi connectivity index (χ3n) is 0.808. The first-order valence-corrected chi connectivity index (χ1v) is 3.77. The van der Waals surface area contributed by atoms with Crippen molar-refractivity contribution in [1.82, 2.24) is 0 Å². The van der Waals surface area contributed by atoms with Crippen LogP contribution in [0, 0.1) is 0 Å². The van der Waals surface area contributed by atoms with E-state index in [1.165, 1.54) is 7.11 Å². The maximum absolute atomic E-state index is 10.4. The van der Waals surface area contributed by atoms with E-state index in [2.05, 4.69) is 14.9 Å². The monoisotopic (exact) mass is 167 g/mol. The van der Waals surface area contributed by atoms with E-state index in [1.807, 2.05) is 0 Å². The molecule has 1 atom stereocenters. The van der Waals surface area contributed by atoms with Crippen LogP contribution >= 0.6 is 0 Å². The van der Waals surface area contributed by atoms with Crippen LogP contribution in [0.25, 0.3) is 0 Å². The van der Waals surface area contributed by atoms with E-state index in [1.54, 1.807) is 0 Å². The van der Waals surface area contributed by atoms with Gasteiger partial charge in [-0.2, -0.15) is 5.90 Å². The Labute approximate surface area is 61.1 Å². The van der Waals surface area contributed by atoms with Crippen LogP contribution in [0.2, 0.25) is 0 Å². The fourth-order valence-electron chi connectivity index (χ4n) is 0.317. The van der Waals surface area contributed by atoms with Gasteiger partial charge in [0.1, 0.15) is 0 Å². The van der Waals surface area contributed by atoms with Gasteiger partial charge in [-0.15, -0.1) is 0 Å². The van der Waals surface area contributed by atoms with Crippen molar-refractivity contribution >= 4 is 17.0 Å². The minimum absolute atomic E-state index is 0.0559. The van der Waals surface area contributed by atoms with Crippen molar-refractivity contribution < 1.29 is 18.0 Å². The van der Waals surface area contributed by atoms with Gasteiger partial charge < -0.3 is 4.74 Å². The fourth-order valence-corrected chi connectivity index (χ4v) is 0.746. The van der Waals surface area contributed by atoms with E-state index in [4.69, 9.17) is 0 Å². The number of carbonyl (C=O) groups is 1. The molecular weight excluding hydrogens is 158 g/mol. The maximum atomic E-state index is 10.4. The molecule has 1 unspecified atom stereocenters. The van der Waals surface area contributed by atoms with Crippen molar-refractivity contribution in [1.29, 1.82) is 0 Å². The van der Waals surface area contributed by atoms with E-state index >= 15 is 0 Å². The van der Waals surface area contributed by atoms with Gasteiger partial charge in [0.05, 0.1) is 19.3 Å². The lowest BCUT2D eigenvalue weighted by Gasteiger charge is -1.96. The second-order valence-electron chi connectivity index (χ2n) is 1.43. The molecule has 0 aliphatic heterocycles. The number of hydrogen-bond donors (Lipinski definition) is 1. The molecule has 0 heterocycles. The lowest BCUT2D eigenvalue weighted by Crippen LogP contribution is -2.11. The van der Waals surface area contributed by atoms with Gasteiger partial charge in [-0.3, -0.25) is 4.79 Å². The van der Waals surface area contributed by atoms with Crippen LogP contribution in [0.3, 0.4) is 0 Å². The molecule has 0 radical (unpaired) electrons. The van der Waals surface area contributed by atoms with E-state index in [-0.39, 0.29) is 12.2 Å². The fraction of sp³-hybridized carbons (Fsp3) is 0.750. The van der Waals surface area contributed by atoms with E-state index in [0.29, 0.717) is 0 Å². The normalized spacial score (nSPS) is 12.6. The van der Waals surface area contributed by atoms with Gasteiger partial charge in [-0.25, -0.2) is 8.49 Å². The van der Waals surface area contributed by atoms with Crippen molar-refractivity contribution in [2.24, 2.45) is 5.90 Å². The first-order valence-electron chi connectivity index (χ1n) is 2.53. The molecule has 0 aromatic heterocycles. The summed E-state index contributed by atoms with van der Waals surface area (Å²) in [4.78, 5) is 10.4. The molecule has 0 aliphatic rings. The molecule has 5 nitrogen and oxygen atoms in total. The number of methoxy groups -OCH3 is 1. The summed E-state index contributed by atoms with van der Waals surface area (Å²) in [6, 6.07) is 0. The van der Waals surface area contributed by atoms with Crippen molar-refractivity contribution in [2.75, 3.05) is 12.9 Å². The Bertz CT molecular complexity index is 121. The molecule has 60 valence electrons. The predicted molar refractivity (Wildman–Crippen MR) is 34.9 cm³/mol. The molecule has 0 saturated heterocycles. The molecule has 0 aliphatic carbocycles. The zero-order chi connectivity index (χ0) is 7.98. The third-order valence-corrected chi connectivity index (χ3v) is 1.56. The standard InChI is InChI=1S/C4H9NO4S/c1-8-4(6)2-3-10(7)9-5/h2-3,5H2,1H3. The van der Waals surface area contributed by atoms with Gasteiger partial charge in [0.25, 0.3) is 0 Å². The van der Waals surface area contributed by atoms with Crippen molar-refractivity contribution in [3.63, 3.8) is 0 Å². The number of esters is 1. The topological polar surface area (TPSA) is 78.6 Å².